The van der Waals surface area contributed by atoms with E-state index in [1.54, 1.807) is 24.3 Å². The number of hydrogen-bond donors (Lipinski definition) is 3. The van der Waals surface area contributed by atoms with Crippen LogP contribution in [0.3, 0.4) is 0 Å². The van der Waals surface area contributed by atoms with E-state index in [0.29, 0.717) is 16.9 Å². The van der Waals surface area contributed by atoms with Crippen LogP contribution in [0.1, 0.15) is 39.7 Å². The topological polar surface area (TPSA) is 88.0 Å². The molecule has 1 aliphatic rings. The van der Waals surface area contributed by atoms with E-state index in [9.17, 15) is 9.59 Å². The summed E-state index contributed by atoms with van der Waals surface area (Å²) in [6.45, 7) is 1.89. The standard InChI is InChI=1S/C17H20ClN5O2/c1-19-16(24)13-5-4-11(9-14(13)18)21-17(25)15-6-8-23(22-15)12-3-2-7-20-10-12/h4-6,8-9,12,20H,2-3,7,10H2,1H3,(H,19,24)(H,21,25). The maximum Gasteiger partial charge on any atom is 0.276 e. The van der Waals surface area contributed by atoms with Crippen molar-refractivity contribution in [3.05, 3.63) is 46.7 Å². The molecule has 1 aliphatic heterocycles. The van der Waals surface area contributed by atoms with Crippen molar-refractivity contribution >= 4 is 29.1 Å². The van der Waals surface area contributed by atoms with Gasteiger partial charge >= 0.3 is 0 Å². The molecule has 0 aliphatic carbocycles. The third-order valence-corrected chi connectivity index (χ3v) is 4.50. The van der Waals surface area contributed by atoms with Crippen LogP contribution >= 0.6 is 11.6 Å². The Labute approximate surface area is 150 Å². The van der Waals surface area contributed by atoms with Gasteiger partial charge in [0.1, 0.15) is 0 Å². The lowest BCUT2D eigenvalue weighted by Crippen LogP contribution is -2.32. The SMILES string of the molecule is CNC(=O)c1ccc(NC(=O)c2ccn(C3CCCNC3)n2)cc1Cl. The van der Waals surface area contributed by atoms with Crippen molar-refractivity contribution < 1.29 is 9.59 Å². The summed E-state index contributed by atoms with van der Waals surface area (Å²) in [6.07, 6.45) is 3.97. The van der Waals surface area contributed by atoms with Gasteiger partial charge < -0.3 is 16.0 Å². The molecule has 132 valence electrons. The lowest BCUT2D eigenvalue weighted by Gasteiger charge is -2.22. The molecule has 0 radical (unpaired) electrons. The Hall–Kier alpha value is -2.38. The summed E-state index contributed by atoms with van der Waals surface area (Å²) >= 11 is 6.10. The molecule has 0 saturated carbocycles. The number of halogens is 1. The predicted octanol–water partition coefficient (Wildman–Crippen LogP) is 2.07. The van der Waals surface area contributed by atoms with Gasteiger partial charge in [-0.05, 0) is 43.7 Å². The van der Waals surface area contributed by atoms with Crippen molar-refractivity contribution in [2.45, 2.75) is 18.9 Å². The molecule has 1 aromatic carbocycles. The largest absolute Gasteiger partial charge is 0.355 e. The first-order valence-corrected chi connectivity index (χ1v) is 8.55. The average Bonchev–Trinajstić information content (AvgIpc) is 3.12. The maximum absolute atomic E-state index is 12.4. The van der Waals surface area contributed by atoms with E-state index in [0.717, 1.165) is 25.9 Å². The average molecular weight is 362 g/mol. The van der Waals surface area contributed by atoms with Gasteiger partial charge in [0.25, 0.3) is 11.8 Å². The summed E-state index contributed by atoms with van der Waals surface area (Å²) in [6, 6.07) is 6.73. The quantitative estimate of drug-likeness (QED) is 0.778. The van der Waals surface area contributed by atoms with Crippen LogP contribution in [0.2, 0.25) is 5.02 Å². The third-order valence-electron chi connectivity index (χ3n) is 4.18. The van der Waals surface area contributed by atoms with E-state index in [-0.39, 0.29) is 22.9 Å². The van der Waals surface area contributed by atoms with E-state index < -0.39 is 0 Å². The number of benzene rings is 1. The Kier molecular flexibility index (Phi) is 5.35. The van der Waals surface area contributed by atoms with Gasteiger partial charge in [-0.1, -0.05) is 11.6 Å². The molecule has 1 unspecified atom stereocenters. The highest BCUT2D eigenvalue weighted by Gasteiger charge is 2.18. The molecular formula is C17H20ClN5O2. The molecule has 7 nitrogen and oxygen atoms in total. The number of rotatable bonds is 4. The molecule has 25 heavy (non-hydrogen) atoms. The van der Waals surface area contributed by atoms with Crippen molar-refractivity contribution in [2.75, 3.05) is 25.5 Å². The molecular weight excluding hydrogens is 342 g/mol. The minimum Gasteiger partial charge on any atom is -0.355 e. The molecule has 1 fully saturated rings. The summed E-state index contributed by atoms with van der Waals surface area (Å²) in [7, 11) is 1.53. The first-order chi connectivity index (χ1) is 12.1. The summed E-state index contributed by atoms with van der Waals surface area (Å²) in [4.78, 5) is 24.0. The molecule has 0 bridgehead atoms. The number of anilines is 1. The van der Waals surface area contributed by atoms with Crippen LogP contribution in [0, 0.1) is 0 Å². The lowest BCUT2D eigenvalue weighted by molar-refractivity contribution is 0.0962. The molecule has 2 aromatic rings. The second-order valence-corrected chi connectivity index (χ2v) is 6.32. The van der Waals surface area contributed by atoms with Gasteiger partial charge in [0.15, 0.2) is 5.69 Å². The number of aromatic nitrogens is 2. The molecule has 2 amide bonds. The molecule has 1 saturated heterocycles. The van der Waals surface area contributed by atoms with Crippen LogP contribution in [-0.2, 0) is 0 Å². The van der Waals surface area contributed by atoms with E-state index in [1.807, 2.05) is 10.9 Å². The van der Waals surface area contributed by atoms with E-state index in [1.165, 1.54) is 7.05 Å². The first kappa shape index (κ1) is 17.4. The van der Waals surface area contributed by atoms with E-state index in [4.69, 9.17) is 11.6 Å². The Morgan fingerprint density at radius 3 is 2.84 bits per heavy atom. The van der Waals surface area contributed by atoms with E-state index in [2.05, 4.69) is 21.0 Å². The van der Waals surface area contributed by atoms with Crippen molar-refractivity contribution in [3.63, 3.8) is 0 Å². The zero-order valence-electron chi connectivity index (χ0n) is 13.9. The summed E-state index contributed by atoms with van der Waals surface area (Å²) < 4.78 is 1.84. The number of nitrogens with zero attached hydrogens (tertiary/aromatic N) is 2. The van der Waals surface area contributed by atoms with Crippen LogP contribution in [0.4, 0.5) is 5.69 Å². The van der Waals surface area contributed by atoms with Crippen LogP contribution in [0.25, 0.3) is 0 Å². The van der Waals surface area contributed by atoms with Crippen LogP contribution in [-0.4, -0.2) is 41.7 Å². The Bertz CT molecular complexity index is 783. The fraction of sp³-hybridized carbons (Fsp3) is 0.353. The molecule has 1 atom stereocenters. The lowest BCUT2D eigenvalue weighted by atomic mass is 10.1. The highest BCUT2D eigenvalue weighted by molar-refractivity contribution is 6.34. The fourth-order valence-electron chi connectivity index (χ4n) is 2.83. The van der Waals surface area contributed by atoms with E-state index >= 15 is 0 Å². The molecule has 0 spiro atoms. The molecule has 2 heterocycles. The normalized spacial score (nSPS) is 17.1. The van der Waals surface area contributed by atoms with Gasteiger partial charge in [-0.15, -0.1) is 0 Å². The number of piperidine rings is 1. The third kappa shape index (κ3) is 4.00. The Morgan fingerprint density at radius 2 is 2.16 bits per heavy atom. The van der Waals surface area contributed by atoms with Crippen molar-refractivity contribution in [1.29, 1.82) is 0 Å². The van der Waals surface area contributed by atoms with Gasteiger partial charge in [-0.2, -0.15) is 5.10 Å². The maximum atomic E-state index is 12.4. The highest BCUT2D eigenvalue weighted by Crippen LogP contribution is 2.22. The van der Waals surface area contributed by atoms with Crippen LogP contribution in [0.15, 0.2) is 30.5 Å². The number of carbonyl (C=O) groups excluding carboxylic acids is 2. The summed E-state index contributed by atoms with van der Waals surface area (Å²) in [5.74, 6) is -0.589. The van der Waals surface area contributed by atoms with Gasteiger partial charge in [0.2, 0.25) is 0 Å². The smallest absolute Gasteiger partial charge is 0.276 e. The molecule has 8 heteroatoms. The first-order valence-electron chi connectivity index (χ1n) is 8.17. The van der Waals surface area contributed by atoms with Gasteiger partial charge in [0, 0.05) is 25.5 Å². The monoisotopic (exact) mass is 361 g/mol. The predicted molar refractivity (Wildman–Crippen MR) is 96.2 cm³/mol. The fourth-order valence-corrected chi connectivity index (χ4v) is 3.09. The number of amides is 2. The van der Waals surface area contributed by atoms with Gasteiger partial charge in [0.05, 0.1) is 16.6 Å². The zero-order chi connectivity index (χ0) is 17.8. The minimum atomic E-state index is -0.314. The van der Waals surface area contributed by atoms with Crippen molar-refractivity contribution in [1.82, 2.24) is 20.4 Å². The summed E-state index contributed by atoms with van der Waals surface area (Å²) in [5, 5.41) is 13.2. The molecule has 3 rings (SSSR count). The minimum absolute atomic E-state index is 0.274. The second-order valence-electron chi connectivity index (χ2n) is 5.91. The number of nitrogens with one attached hydrogen (secondary N) is 3. The Morgan fingerprint density at radius 1 is 1.32 bits per heavy atom. The van der Waals surface area contributed by atoms with Crippen LogP contribution in [0.5, 0.6) is 0 Å². The molecule has 1 aromatic heterocycles. The highest BCUT2D eigenvalue weighted by atomic mass is 35.5. The number of carbonyl (C=O) groups is 2. The Balaban J connectivity index is 1.69. The molecule has 3 N–H and O–H groups in total. The van der Waals surface area contributed by atoms with Crippen LogP contribution < -0.4 is 16.0 Å². The van der Waals surface area contributed by atoms with Crippen molar-refractivity contribution in [3.8, 4) is 0 Å². The van der Waals surface area contributed by atoms with Gasteiger partial charge in [-0.25, -0.2) is 0 Å². The van der Waals surface area contributed by atoms with Gasteiger partial charge in [-0.3, -0.25) is 14.3 Å². The summed E-state index contributed by atoms with van der Waals surface area (Å²) in [5.41, 5.74) is 1.21. The number of hydrogen-bond acceptors (Lipinski definition) is 4. The zero-order valence-corrected chi connectivity index (χ0v) is 14.6. The van der Waals surface area contributed by atoms with Crippen molar-refractivity contribution in [2.24, 2.45) is 0 Å². The second kappa shape index (κ2) is 7.67.